The van der Waals surface area contributed by atoms with Crippen molar-refractivity contribution in [3.8, 4) is 0 Å². The number of likely N-dealkylation sites (tertiary alicyclic amines) is 1. The Balaban J connectivity index is 1.57. The van der Waals surface area contributed by atoms with E-state index in [-0.39, 0.29) is 82.4 Å². The second-order valence-electron chi connectivity index (χ2n) is 29.3. The Labute approximate surface area is 693 Å². The number of nitrogens with one attached hydrogen (secondary N) is 16. The van der Waals surface area contributed by atoms with Crippen molar-refractivity contribution in [3.63, 3.8) is 0 Å². The molecule has 120 heavy (non-hydrogen) atoms. The molecule has 1 heterocycles. The molecule has 44 nitrogen and oxygen atoms in total. The molecule has 0 aliphatic carbocycles. The van der Waals surface area contributed by atoms with Crippen LogP contribution in [0.25, 0.3) is 0 Å². The number of carbonyl (C=O) groups is 18. The number of nitrogens with two attached hydrogens (primary N) is 3. The molecule has 1 saturated heterocycles. The van der Waals surface area contributed by atoms with Crippen LogP contribution >= 0.6 is 0 Å². The van der Waals surface area contributed by atoms with Gasteiger partial charge in [-0.1, -0.05) is 129 Å². The van der Waals surface area contributed by atoms with Gasteiger partial charge in [-0.05, 0) is 66.9 Å². The van der Waals surface area contributed by atoms with Crippen LogP contribution < -0.4 is 102 Å². The molecule has 1 fully saturated rings. The lowest BCUT2D eigenvalue weighted by Crippen LogP contribution is -2.61. The molecule has 17 amide bonds. The van der Waals surface area contributed by atoms with Gasteiger partial charge in [-0.15, -0.1) is 0 Å². The molecular weight excluding hydrogens is 1570 g/mol. The highest BCUT2D eigenvalue weighted by Crippen LogP contribution is 2.22. The minimum atomic E-state index is -1.78. The lowest BCUT2D eigenvalue weighted by atomic mass is 9.97. The number of guanidine groups is 1. The summed E-state index contributed by atoms with van der Waals surface area (Å²) in [6, 6.07) is -0.721. The van der Waals surface area contributed by atoms with Crippen molar-refractivity contribution in [3.05, 3.63) is 71.8 Å². The fraction of sp³-hybridized carbons (Fsp3) is 0.592. The van der Waals surface area contributed by atoms with Crippen molar-refractivity contribution in [1.29, 1.82) is 0 Å². The van der Waals surface area contributed by atoms with Gasteiger partial charge in [0.05, 0.1) is 65.7 Å². The normalized spacial score (nSPS) is 15.5. The lowest BCUT2D eigenvalue weighted by molar-refractivity contribution is -0.143. The fourth-order valence-electron chi connectivity index (χ4n) is 11.9. The zero-order valence-electron chi connectivity index (χ0n) is 68.6. The van der Waals surface area contributed by atoms with Crippen molar-refractivity contribution in [2.75, 3.05) is 78.8 Å². The van der Waals surface area contributed by atoms with E-state index in [1.165, 1.54) is 4.90 Å². The largest absolute Gasteiger partial charge is 0.480 e. The average molecular weight is 1690 g/mol. The number of amides is 17. The van der Waals surface area contributed by atoms with Crippen molar-refractivity contribution < 1.29 is 112 Å². The summed E-state index contributed by atoms with van der Waals surface area (Å²) < 4.78 is 0. The molecule has 1 aliphatic heterocycles. The second-order valence-corrected chi connectivity index (χ2v) is 29.3. The van der Waals surface area contributed by atoms with E-state index in [1.807, 2.05) is 0 Å². The van der Waals surface area contributed by atoms with Crippen LogP contribution in [0.4, 0.5) is 0 Å². The lowest BCUT2D eigenvalue weighted by Gasteiger charge is -2.32. The average Bonchev–Trinajstić information content (AvgIpc) is 1.53. The summed E-state index contributed by atoms with van der Waals surface area (Å²) >= 11 is 0. The number of aliphatic carboxylic acids is 1. The first-order valence-corrected chi connectivity index (χ1v) is 39.3. The molecule has 27 N–H and O–H groups in total. The number of aliphatic imine (C=N–C) groups is 1. The van der Waals surface area contributed by atoms with E-state index in [9.17, 15) is 112 Å². The van der Waals surface area contributed by atoms with Crippen LogP contribution in [0.3, 0.4) is 0 Å². The first-order valence-electron chi connectivity index (χ1n) is 39.3. The Morgan fingerprint density at radius 3 is 1.26 bits per heavy atom. The molecule has 0 aromatic heterocycles. The number of nitrogens with zero attached hydrogens (tertiary/aromatic N) is 2. The topological polar surface area (TPSA) is 695 Å². The number of hydrogen-bond donors (Lipinski definition) is 24. The van der Waals surface area contributed by atoms with Crippen molar-refractivity contribution in [2.24, 2.45) is 45.9 Å². The highest BCUT2D eigenvalue weighted by molar-refractivity contribution is 6.00. The van der Waals surface area contributed by atoms with Gasteiger partial charge >= 0.3 is 5.97 Å². The van der Waals surface area contributed by atoms with Crippen LogP contribution in [0.15, 0.2) is 65.7 Å². The highest BCUT2D eigenvalue weighted by atomic mass is 16.4. The number of hydrogen-bond acceptors (Lipinski definition) is 24. The predicted octanol–water partition coefficient (Wildman–Crippen LogP) is -9.76. The van der Waals surface area contributed by atoms with Gasteiger partial charge in [0.25, 0.3) is 0 Å². The van der Waals surface area contributed by atoms with Gasteiger partial charge in [-0.3, -0.25) is 86.5 Å². The van der Waals surface area contributed by atoms with Crippen molar-refractivity contribution in [1.82, 2.24) is 90.0 Å². The predicted molar refractivity (Wildman–Crippen MR) is 429 cm³/mol. The fourth-order valence-corrected chi connectivity index (χ4v) is 11.9. The molecule has 666 valence electrons. The molecule has 44 heteroatoms. The minimum Gasteiger partial charge on any atom is -0.480 e. The van der Waals surface area contributed by atoms with Crippen molar-refractivity contribution in [2.45, 2.75) is 186 Å². The van der Waals surface area contributed by atoms with E-state index in [2.05, 4.69) is 90.1 Å². The van der Waals surface area contributed by atoms with E-state index in [0.29, 0.717) is 24.0 Å². The standard InChI is InChI=1S/C76H119N21O23/c1-9-42(7)62(72(116)92-51(37-99)67(111)85-33-58(105)86-47(27-40(3)4)64(108)83-34-59(106)88-52(38-100)69(113)89-46(23-17-25-80-76(78)79)68(112)90-49(75(119)120)29-45-21-15-12-16-22-45)95-60(107)35-84-65(109)48(28-44-19-13-11-14-20-44)87-57(104)32-81-56(103)31-82-66(110)50(36-98)91-70(114)53(39-101)93-73(117)63(43(8)10-2)96-71(115)54-24-18-26-97(54)74(118)61(41(5)6)94-55(102)30-77/h11-16,19-22,40-43,46-54,61-63,98-101H,9-10,17-18,23-39,77H2,1-8H3,(H,81,103)(H,82,110)(H,83,108)(H,84,109)(H,85,111)(H,86,105)(H,87,104)(H,88,106)(H,89,113)(H,90,112)(H,91,114)(H,92,116)(H,93,117)(H,94,102)(H,95,107)(H,96,115)(H,119,120)(H4,78,79,80)/t42-,43-,46-,47-,48-,49-,50-,51-,52-,53-,54-,61-,62-,63-/m0/s1. The molecule has 2 aromatic rings. The first-order chi connectivity index (χ1) is 56.8. The van der Waals surface area contributed by atoms with E-state index in [1.54, 1.807) is 116 Å². The van der Waals surface area contributed by atoms with Gasteiger partial charge in [0.1, 0.15) is 72.5 Å². The van der Waals surface area contributed by atoms with E-state index >= 15 is 0 Å². The summed E-state index contributed by atoms with van der Waals surface area (Å²) in [4.78, 5) is 245. The maximum atomic E-state index is 13.8. The third-order valence-corrected chi connectivity index (χ3v) is 19.1. The van der Waals surface area contributed by atoms with Crippen LogP contribution in [0, 0.1) is 23.7 Å². The number of aliphatic hydroxyl groups is 4. The summed E-state index contributed by atoms with van der Waals surface area (Å²) in [7, 11) is 0. The number of carboxylic acids is 1. The Morgan fingerprint density at radius 1 is 0.433 bits per heavy atom. The van der Waals surface area contributed by atoms with Gasteiger partial charge in [0.2, 0.25) is 100 Å². The number of carbonyl (C=O) groups excluding carboxylic acids is 17. The number of rotatable bonds is 53. The summed E-state index contributed by atoms with van der Waals surface area (Å²) in [5.41, 5.74) is 17.4. The third-order valence-electron chi connectivity index (χ3n) is 19.1. The molecule has 1 aliphatic rings. The number of benzene rings is 2. The van der Waals surface area contributed by atoms with E-state index in [0.717, 1.165) is 0 Å². The molecule has 0 bridgehead atoms. The minimum absolute atomic E-state index is 0.0104. The monoisotopic (exact) mass is 1690 g/mol. The maximum absolute atomic E-state index is 13.8. The molecule has 0 radical (unpaired) electrons. The third kappa shape index (κ3) is 36.1. The first kappa shape index (κ1) is 102. The van der Waals surface area contributed by atoms with Crippen LogP contribution in [0.5, 0.6) is 0 Å². The van der Waals surface area contributed by atoms with Gasteiger partial charge in [-0.2, -0.15) is 0 Å². The molecule has 2 aromatic carbocycles. The molecule has 3 rings (SSSR count). The second kappa shape index (κ2) is 53.4. The zero-order chi connectivity index (χ0) is 89.9. The number of carboxylic acid groups (broad SMARTS) is 1. The zero-order valence-corrected chi connectivity index (χ0v) is 68.6. The summed E-state index contributed by atoms with van der Waals surface area (Å²) in [5, 5.41) is 88.5. The molecule has 0 saturated carbocycles. The molecule has 0 unspecified atom stereocenters. The molecule has 14 atom stereocenters. The van der Waals surface area contributed by atoms with Gasteiger partial charge in [-0.25, -0.2) is 4.79 Å². The summed E-state index contributed by atoms with van der Waals surface area (Å²) in [6.07, 6.45) is 0.928. The Bertz CT molecular complexity index is 3840. The van der Waals surface area contributed by atoms with Crippen LogP contribution in [0.1, 0.15) is 111 Å². The van der Waals surface area contributed by atoms with Crippen LogP contribution in [-0.2, 0) is 99.1 Å². The number of aliphatic hydroxyl groups excluding tert-OH is 4. The van der Waals surface area contributed by atoms with Crippen LogP contribution in [0.2, 0.25) is 0 Å². The molecule has 0 spiro atoms. The summed E-state index contributed by atoms with van der Waals surface area (Å²) in [5.74, 6) is -19.2. The van der Waals surface area contributed by atoms with Gasteiger partial charge in [0.15, 0.2) is 5.96 Å². The van der Waals surface area contributed by atoms with E-state index < -0.39 is 250 Å². The maximum Gasteiger partial charge on any atom is 0.326 e. The van der Waals surface area contributed by atoms with Crippen molar-refractivity contribution >= 4 is 112 Å². The smallest absolute Gasteiger partial charge is 0.326 e. The Kier molecular flexibility index (Phi) is 45.5. The van der Waals surface area contributed by atoms with Gasteiger partial charge < -0.3 is 133 Å². The van der Waals surface area contributed by atoms with Crippen LogP contribution in [-0.4, -0.2) is 294 Å². The van der Waals surface area contributed by atoms with E-state index in [4.69, 9.17) is 17.2 Å². The molecular formula is C76H119N21O23. The summed E-state index contributed by atoms with van der Waals surface area (Å²) in [6.45, 7) is 5.04. The highest BCUT2D eigenvalue weighted by Gasteiger charge is 2.42. The SMILES string of the molecule is CC[C@H](C)[C@H](NC(=O)CNC(=O)[C@H](Cc1ccccc1)NC(=O)CNC(=O)CNC(=O)[C@H](CO)NC(=O)[C@H](CO)NC(=O)[C@@H](NC(=O)[C@@H]1CCCN1C(=O)[C@@H](NC(=O)CN)C(C)C)[C@@H](C)CC)C(=O)N[C@@H](CO)C(=O)NCC(=O)N[C@@H](CC(C)C)C(=O)NCC(=O)N[C@@H](CO)C(=O)N[C@@H](CCCN=C(N)N)C(=O)N[C@@H](Cc1ccccc1)C(=O)O. The quantitative estimate of drug-likeness (QED) is 0.0166. The Hall–Kier alpha value is -12.0. The van der Waals surface area contributed by atoms with Gasteiger partial charge in [0, 0.05) is 25.9 Å². The Morgan fingerprint density at radius 2 is 0.808 bits per heavy atom.